The average Bonchev–Trinajstić information content (AvgIpc) is 2.29. The topological polar surface area (TPSA) is 9.23 Å². The molecular weight excluding hydrogens is 239 g/mol. The zero-order chi connectivity index (χ0) is 13.1. The summed E-state index contributed by atoms with van der Waals surface area (Å²) < 4.78 is 18.5. The Balaban J connectivity index is 2.91. The van der Waals surface area contributed by atoms with Crippen LogP contribution in [0, 0.1) is 17.2 Å². The van der Waals surface area contributed by atoms with Gasteiger partial charge in [-0.2, -0.15) is 0 Å². The Morgan fingerprint density at radius 1 is 1.41 bits per heavy atom. The third-order valence-corrected chi connectivity index (χ3v) is 4.13. The number of hydrogen-bond acceptors (Lipinski definition) is 1. The zero-order valence-corrected chi connectivity index (χ0v) is 11.6. The summed E-state index contributed by atoms with van der Waals surface area (Å²) in [5, 5.41) is 0. The van der Waals surface area contributed by atoms with Crippen molar-refractivity contribution in [2.45, 2.75) is 27.2 Å². The minimum absolute atomic E-state index is 0.0113. The highest BCUT2D eigenvalue weighted by Crippen LogP contribution is 2.33. The average molecular weight is 259 g/mol. The van der Waals surface area contributed by atoms with Crippen LogP contribution in [-0.4, -0.2) is 13.0 Å². The number of rotatable bonds is 5. The molecule has 0 aliphatic heterocycles. The second kappa shape index (κ2) is 5.72. The molecule has 0 aliphatic rings. The molecule has 1 atom stereocenters. The summed E-state index contributed by atoms with van der Waals surface area (Å²) in [5.41, 5.74) is 0.947. The molecule has 96 valence electrons. The predicted octanol–water partition coefficient (Wildman–Crippen LogP) is 4.28. The molecule has 0 radical (unpaired) electrons. The molecule has 0 N–H and O–H groups in total. The van der Waals surface area contributed by atoms with Crippen LogP contribution in [0.25, 0.3) is 0 Å². The van der Waals surface area contributed by atoms with Gasteiger partial charge in [-0.3, -0.25) is 0 Å². The van der Waals surface area contributed by atoms with Crippen molar-refractivity contribution in [1.82, 2.24) is 0 Å². The Bertz CT molecular complexity index is 378. The van der Waals surface area contributed by atoms with Crippen molar-refractivity contribution < 1.29 is 9.13 Å². The molecular formula is C14H20ClFO. The van der Waals surface area contributed by atoms with Crippen molar-refractivity contribution >= 4 is 11.6 Å². The van der Waals surface area contributed by atoms with Crippen LogP contribution in [0.5, 0.6) is 5.75 Å². The predicted molar refractivity (Wildman–Crippen MR) is 70.3 cm³/mol. The van der Waals surface area contributed by atoms with Gasteiger partial charge in [0.15, 0.2) is 11.6 Å². The summed E-state index contributed by atoms with van der Waals surface area (Å²) in [6, 6.07) is 5.10. The summed E-state index contributed by atoms with van der Waals surface area (Å²) in [5.74, 6) is 0.986. The molecule has 1 aromatic rings. The van der Waals surface area contributed by atoms with Gasteiger partial charge in [0.05, 0.1) is 7.11 Å². The number of halogens is 2. The number of methoxy groups -OCH3 is 1. The van der Waals surface area contributed by atoms with E-state index < -0.39 is 0 Å². The van der Waals surface area contributed by atoms with Gasteiger partial charge in [0.1, 0.15) is 0 Å². The first-order valence-corrected chi connectivity index (χ1v) is 6.35. The maximum atomic E-state index is 13.6. The molecule has 0 heterocycles. The lowest BCUT2D eigenvalue weighted by Gasteiger charge is -2.31. The molecule has 1 aromatic carbocycles. The van der Waals surface area contributed by atoms with E-state index in [9.17, 15) is 4.39 Å². The Labute approximate surface area is 108 Å². The Morgan fingerprint density at radius 2 is 2.06 bits per heavy atom. The highest BCUT2D eigenvalue weighted by atomic mass is 35.5. The Morgan fingerprint density at radius 3 is 2.47 bits per heavy atom. The fraction of sp³-hybridized carbons (Fsp3) is 0.571. The zero-order valence-electron chi connectivity index (χ0n) is 10.9. The van der Waals surface area contributed by atoms with Crippen molar-refractivity contribution in [3.63, 3.8) is 0 Å². The molecule has 1 unspecified atom stereocenters. The summed E-state index contributed by atoms with van der Waals surface area (Å²) in [4.78, 5) is 0. The SMILES string of the molecule is COc1ccc(CC(C)(CCl)C(C)C)cc1F. The van der Waals surface area contributed by atoms with E-state index in [1.54, 1.807) is 6.07 Å². The van der Waals surface area contributed by atoms with Crippen molar-refractivity contribution in [3.8, 4) is 5.75 Å². The molecule has 0 saturated heterocycles. The van der Waals surface area contributed by atoms with Gasteiger partial charge >= 0.3 is 0 Å². The number of alkyl halides is 1. The van der Waals surface area contributed by atoms with Crippen molar-refractivity contribution in [3.05, 3.63) is 29.6 Å². The summed E-state index contributed by atoms with van der Waals surface area (Å²) in [6.07, 6.45) is 0.773. The molecule has 3 heteroatoms. The van der Waals surface area contributed by atoms with Gasteiger partial charge < -0.3 is 4.74 Å². The maximum Gasteiger partial charge on any atom is 0.165 e. The van der Waals surface area contributed by atoms with Gasteiger partial charge in [0, 0.05) is 5.88 Å². The Hall–Kier alpha value is -0.760. The molecule has 0 aliphatic carbocycles. The Kier molecular flexibility index (Phi) is 4.81. The van der Waals surface area contributed by atoms with E-state index in [-0.39, 0.29) is 17.0 Å². The normalized spacial score (nSPS) is 14.8. The van der Waals surface area contributed by atoms with Crippen LogP contribution in [0.3, 0.4) is 0 Å². The fourth-order valence-electron chi connectivity index (χ4n) is 1.69. The second-order valence-electron chi connectivity index (χ2n) is 5.09. The molecule has 1 rings (SSSR count). The lowest BCUT2D eigenvalue weighted by Crippen LogP contribution is -2.28. The first kappa shape index (κ1) is 14.3. The van der Waals surface area contributed by atoms with Gasteiger partial charge in [-0.15, -0.1) is 11.6 Å². The molecule has 0 spiro atoms. The summed E-state index contributed by atoms with van der Waals surface area (Å²) >= 11 is 6.03. The van der Waals surface area contributed by atoms with Crippen LogP contribution in [0.1, 0.15) is 26.3 Å². The molecule has 0 bridgehead atoms. The lowest BCUT2D eigenvalue weighted by atomic mass is 9.76. The standard InChI is InChI=1S/C14H20ClFO/c1-10(2)14(3,9-15)8-11-5-6-13(17-4)12(16)7-11/h5-7,10H,8-9H2,1-4H3. The maximum absolute atomic E-state index is 13.6. The third kappa shape index (κ3) is 3.35. The second-order valence-corrected chi connectivity index (χ2v) is 5.36. The van der Waals surface area contributed by atoms with Crippen LogP contribution in [0.2, 0.25) is 0 Å². The minimum atomic E-state index is -0.314. The molecule has 0 saturated carbocycles. The van der Waals surface area contributed by atoms with Gasteiger partial charge in [-0.05, 0) is 35.4 Å². The largest absolute Gasteiger partial charge is 0.494 e. The first-order chi connectivity index (χ1) is 7.92. The number of hydrogen-bond donors (Lipinski definition) is 0. The molecule has 17 heavy (non-hydrogen) atoms. The van der Waals surface area contributed by atoms with E-state index in [1.807, 2.05) is 6.07 Å². The van der Waals surface area contributed by atoms with Crippen molar-refractivity contribution in [1.29, 1.82) is 0 Å². The molecule has 0 aromatic heterocycles. The molecule has 1 nitrogen and oxygen atoms in total. The highest BCUT2D eigenvalue weighted by Gasteiger charge is 2.27. The van der Waals surface area contributed by atoms with Crippen LogP contribution >= 0.6 is 11.6 Å². The summed E-state index contributed by atoms with van der Waals surface area (Å²) in [6.45, 7) is 6.41. The van der Waals surface area contributed by atoms with Gasteiger partial charge in [0.2, 0.25) is 0 Å². The van der Waals surface area contributed by atoms with E-state index in [1.165, 1.54) is 13.2 Å². The van der Waals surface area contributed by atoms with E-state index in [4.69, 9.17) is 16.3 Å². The van der Waals surface area contributed by atoms with Crippen molar-refractivity contribution in [2.75, 3.05) is 13.0 Å². The smallest absolute Gasteiger partial charge is 0.165 e. The van der Waals surface area contributed by atoms with Gasteiger partial charge in [-0.1, -0.05) is 26.8 Å². The molecule has 0 fully saturated rings. The number of benzene rings is 1. The molecule has 0 amide bonds. The van der Waals surface area contributed by atoms with Gasteiger partial charge in [0.25, 0.3) is 0 Å². The van der Waals surface area contributed by atoms with Crippen LogP contribution in [0.15, 0.2) is 18.2 Å². The number of ether oxygens (including phenoxy) is 1. The monoisotopic (exact) mass is 258 g/mol. The summed E-state index contributed by atoms with van der Waals surface area (Å²) in [7, 11) is 1.47. The highest BCUT2D eigenvalue weighted by molar-refractivity contribution is 6.18. The van der Waals surface area contributed by atoms with E-state index >= 15 is 0 Å². The lowest BCUT2D eigenvalue weighted by molar-refractivity contribution is 0.253. The quantitative estimate of drug-likeness (QED) is 0.717. The first-order valence-electron chi connectivity index (χ1n) is 5.81. The third-order valence-electron chi connectivity index (χ3n) is 3.52. The van der Waals surface area contributed by atoms with E-state index in [0.29, 0.717) is 11.8 Å². The van der Waals surface area contributed by atoms with Crippen molar-refractivity contribution in [2.24, 2.45) is 11.3 Å². The van der Waals surface area contributed by atoms with E-state index in [2.05, 4.69) is 20.8 Å². The van der Waals surface area contributed by atoms with E-state index in [0.717, 1.165) is 12.0 Å². The van der Waals surface area contributed by atoms with Crippen LogP contribution < -0.4 is 4.74 Å². The minimum Gasteiger partial charge on any atom is -0.494 e. The fourth-order valence-corrected chi connectivity index (χ4v) is 2.09. The van der Waals surface area contributed by atoms with Crippen LogP contribution in [-0.2, 0) is 6.42 Å². The van der Waals surface area contributed by atoms with Gasteiger partial charge in [-0.25, -0.2) is 4.39 Å². The van der Waals surface area contributed by atoms with Crippen LogP contribution in [0.4, 0.5) is 4.39 Å².